The second-order valence-corrected chi connectivity index (χ2v) is 3.41. The first-order chi connectivity index (χ1) is 6.65. The first kappa shape index (κ1) is 10.8. The van der Waals surface area contributed by atoms with Gasteiger partial charge in [0.05, 0.1) is 7.11 Å². The molecule has 1 atom stereocenters. The van der Waals surface area contributed by atoms with E-state index in [1.165, 1.54) is 13.2 Å². The number of ether oxygens (including phenoxy) is 1. The largest absolute Gasteiger partial charge is 0.624 e. The van der Waals surface area contributed by atoms with Gasteiger partial charge < -0.3 is 9.94 Å². The lowest BCUT2D eigenvalue weighted by Gasteiger charge is -2.08. The van der Waals surface area contributed by atoms with E-state index in [9.17, 15) is 10.0 Å². The van der Waals surface area contributed by atoms with Crippen LogP contribution in [0, 0.1) is 5.21 Å². The zero-order valence-electron chi connectivity index (χ0n) is 8.53. The summed E-state index contributed by atoms with van der Waals surface area (Å²) >= 11 is 0. The van der Waals surface area contributed by atoms with Gasteiger partial charge in [-0.1, -0.05) is 6.08 Å². The molecule has 0 aromatic heterocycles. The smallest absolute Gasteiger partial charge is 0.330 e. The minimum atomic E-state index is -0.374. The average molecular weight is 197 g/mol. The van der Waals surface area contributed by atoms with Gasteiger partial charge in [-0.3, -0.25) is 0 Å². The Balaban J connectivity index is 2.40. The fraction of sp³-hybridized carbons (Fsp3) is 0.600. The van der Waals surface area contributed by atoms with Gasteiger partial charge >= 0.3 is 5.97 Å². The number of rotatable bonds is 3. The van der Waals surface area contributed by atoms with E-state index < -0.39 is 0 Å². The molecule has 0 aromatic rings. The summed E-state index contributed by atoms with van der Waals surface area (Å²) in [4.78, 5) is 10.7. The van der Waals surface area contributed by atoms with Crippen LogP contribution in [0.25, 0.3) is 0 Å². The van der Waals surface area contributed by atoms with E-state index >= 15 is 0 Å². The van der Waals surface area contributed by atoms with Crippen LogP contribution < -0.4 is 0 Å². The number of methoxy groups -OCH3 is 1. The van der Waals surface area contributed by atoms with Crippen LogP contribution in [-0.2, 0) is 9.53 Å². The van der Waals surface area contributed by atoms with Gasteiger partial charge in [0.1, 0.15) is 0 Å². The molecule has 0 saturated heterocycles. The molecule has 4 heteroatoms. The molecule has 4 nitrogen and oxygen atoms in total. The highest BCUT2D eigenvalue weighted by atomic mass is 16.5. The van der Waals surface area contributed by atoms with Crippen molar-refractivity contribution in [3.8, 4) is 0 Å². The standard InChI is InChI=1S/C10H15NO3/c1-8-6-7-9(11(8)13)4-3-5-10(12)14-2/h3,5,9H,4,6-7H2,1-2H3/b5-3+/t9-/m1/s1. The van der Waals surface area contributed by atoms with Crippen molar-refractivity contribution in [1.82, 2.24) is 0 Å². The third-order valence-electron chi connectivity index (χ3n) is 2.41. The molecule has 0 radical (unpaired) electrons. The molecule has 1 rings (SSSR count). The Labute approximate surface area is 83.5 Å². The predicted octanol–water partition coefficient (Wildman–Crippen LogP) is 1.24. The Hall–Kier alpha value is -1.32. The second-order valence-electron chi connectivity index (χ2n) is 3.41. The monoisotopic (exact) mass is 197 g/mol. The number of nitrogens with zero attached hydrogens (tertiary/aromatic N) is 1. The molecule has 0 saturated carbocycles. The fourth-order valence-electron chi connectivity index (χ4n) is 1.52. The number of hydroxylamine groups is 1. The van der Waals surface area contributed by atoms with Crippen LogP contribution in [0.1, 0.15) is 26.2 Å². The summed E-state index contributed by atoms with van der Waals surface area (Å²) in [5, 5.41) is 11.4. The maximum atomic E-state index is 11.4. The third kappa shape index (κ3) is 2.58. The van der Waals surface area contributed by atoms with Gasteiger partial charge in [0.25, 0.3) is 0 Å². The van der Waals surface area contributed by atoms with Gasteiger partial charge in [0.15, 0.2) is 11.8 Å². The van der Waals surface area contributed by atoms with Crippen LogP contribution in [0.5, 0.6) is 0 Å². The maximum absolute atomic E-state index is 11.4. The summed E-state index contributed by atoms with van der Waals surface area (Å²) in [6.45, 7) is 1.84. The van der Waals surface area contributed by atoms with Gasteiger partial charge in [-0.25, -0.2) is 9.53 Å². The fourth-order valence-corrected chi connectivity index (χ4v) is 1.52. The summed E-state index contributed by atoms with van der Waals surface area (Å²) in [5.41, 5.74) is 0.876. The molecular formula is C10H15NO3. The summed E-state index contributed by atoms with van der Waals surface area (Å²) < 4.78 is 5.48. The number of esters is 1. The molecule has 0 aromatic carbocycles. The van der Waals surface area contributed by atoms with Crippen LogP contribution in [0.3, 0.4) is 0 Å². The molecule has 0 unspecified atom stereocenters. The topological polar surface area (TPSA) is 52.4 Å². The molecule has 14 heavy (non-hydrogen) atoms. The van der Waals surface area contributed by atoms with Crippen molar-refractivity contribution in [3.63, 3.8) is 0 Å². The Kier molecular flexibility index (Phi) is 3.68. The van der Waals surface area contributed by atoms with Crippen LogP contribution in [-0.4, -0.2) is 29.6 Å². The van der Waals surface area contributed by atoms with Crippen molar-refractivity contribution in [3.05, 3.63) is 17.4 Å². The number of hydrogen-bond donors (Lipinski definition) is 0. The Morgan fingerprint density at radius 3 is 3.00 bits per heavy atom. The lowest BCUT2D eigenvalue weighted by molar-refractivity contribution is -0.491. The quantitative estimate of drug-likeness (QED) is 0.296. The molecular weight excluding hydrogens is 182 g/mol. The maximum Gasteiger partial charge on any atom is 0.330 e. The molecule has 1 aliphatic rings. The molecule has 0 amide bonds. The lowest BCUT2D eigenvalue weighted by Crippen LogP contribution is -2.17. The molecule has 1 aliphatic heterocycles. The predicted molar refractivity (Wildman–Crippen MR) is 53.1 cm³/mol. The van der Waals surface area contributed by atoms with E-state index in [0.29, 0.717) is 6.42 Å². The zero-order chi connectivity index (χ0) is 10.6. The van der Waals surface area contributed by atoms with E-state index in [4.69, 9.17) is 0 Å². The minimum Gasteiger partial charge on any atom is -0.624 e. The summed E-state index contributed by atoms with van der Waals surface area (Å²) in [7, 11) is 1.33. The van der Waals surface area contributed by atoms with Crippen molar-refractivity contribution < 1.29 is 14.3 Å². The van der Waals surface area contributed by atoms with Gasteiger partial charge in [0.2, 0.25) is 0 Å². The van der Waals surface area contributed by atoms with Gasteiger partial charge in [0, 0.05) is 32.3 Å². The Morgan fingerprint density at radius 2 is 2.50 bits per heavy atom. The normalized spacial score (nSPS) is 22.0. The van der Waals surface area contributed by atoms with E-state index in [2.05, 4.69) is 4.74 Å². The highest BCUT2D eigenvalue weighted by molar-refractivity contribution is 5.81. The van der Waals surface area contributed by atoms with Crippen molar-refractivity contribution >= 4 is 11.7 Å². The van der Waals surface area contributed by atoms with E-state index in [1.54, 1.807) is 6.08 Å². The van der Waals surface area contributed by atoms with Crippen molar-refractivity contribution in [2.24, 2.45) is 0 Å². The van der Waals surface area contributed by atoms with Crippen LogP contribution >= 0.6 is 0 Å². The van der Waals surface area contributed by atoms with E-state index in [1.807, 2.05) is 6.92 Å². The van der Waals surface area contributed by atoms with Gasteiger partial charge in [-0.05, 0) is 0 Å². The van der Waals surface area contributed by atoms with Crippen molar-refractivity contribution in [1.29, 1.82) is 0 Å². The molecule has 0 bridgehead atoms. The summed E-state index contributed by atoms with van der Waals surface area (Å²) in [6, 6.07) is -0.00379. The highest BCUT2D eigenvalue weighted by Crippen LogP contribution is 2.15. The Bertz CT molecular complexity index is 281. The zero-order valence-corrected chi connectivity index (χ0v) is 8.53. The second kappa shape index (κ2) is 4.79. The Morgan fingerprint density at radius 1 is 1.79 bits per heavy atom. The number of carbonyl (C=O) groups is 1. The van der Waals surface area contributed by atoms with Crippen molar-refractivity contribution in [2.75, 3.05) is 7.11 Å². The first-order valence-corrected chi connectivity index (χ1v) is 4.68. The number of hydrogen-bond acceptors (Lipinski definition) is 3. The molecule has 78 valence electrons. The average Bonchev–Trinajstić information content (AvgIpc) is 2.49. The van der Waals surface area contributed by atoms with Crippen LogP contribution in [0.2, 0.25) is 0 Å². The third-order valence-corrected chi connectivity index (χ3v) is 2.41. The molecule has 0 aliphatic carbocycles. The van der Waals surface area contributed by atoms with Crippen molar-refractivity contribution in [2.45, 2.75) is 32.2 Å². The molecule has 0 spiro atoms. The van der Waals surface area contributed by atoms with Crippen LogP contribution in [0.15, 0.2) is 12.2 Å². The first-order valence-electron chi connectivity index (χ1n) is 4.68. The highest BCUT2D eigenvalue weighted by Gasteiger charge is 2.24. The minimum absolute atomic E-state index is 0.00379. The van der Waals surface area contributed by atoms with Gasteiger partial charge in [-0.2, -0.15) is 0 Å². The van der Waals surface area contributed by atoms with Gasteiger partial charge in [-0.15, -0.1) is 0 Å². The molecule has 0 fully saturated rings. The van der Waals surface area contributed by atoms with E-state index in [0.717, 1.165) is 23.3 Å². The summed E-state index contributed by atoms with van der Waals surface area (Å²) in [6.07, 6.45) is 5.40. The number of carbonyl (C=O) groups excluding carboxylic acids is 1. The lowest BCUT2D eigenvalue weighted by atomic mass is 10.1. The van der Waals surface area contributed by atoms with E-state index in [-0.39, 0.29) is 12.0 Å². The molecule has 1 heterocycles. The van der Waals surface area contributed by atoms with Crippen LogP contribution in [0.4, 0.5) is 0 Å². The summed E-state index contributed by atoms with van der Waals surface area (Å²) in [5.74, 6) is -0.374. The molecule has 0 N–H and O–H groups in total. The SMILES string of the molecule is COC(=O)/C=C/C[C@@H]1CCC(C)=[N+]1[O-].